The Labute approximate surface area is 129 Å². The van der Waals surface area contributed by atoms with E-state index in [4.69, 9.17) is 0 Å². The fraction of sp³-hybridized carbons (Fsp3) is 0.684. The Morgan fingerprint density at radius 1 is 1.05 bits per heavy atom. The maximum absolute atomic E-state index is 4.01. The molecule has 1 aromatic rings. The molecule has 2 nitrogen and oxygen atoms in total. The van der Waals surface area contributed by atoms with Gasteiger partial charge in [-0.15, -0.1) is 0 Å². The number of hydrogen-bond acceptors (Lipinski definition) is 2. The van der Waals surface area contributed by atoms with Gasteiger partial charge >= 0.3 is 0 Å². The average Bonchev–Trinajstić information content (AvgIpc) is 2.66. The van der Waals surface area contributed by atoms with Crippen LogP contribution >= 0.6 is 0 Å². The highest BCUT2D eigenvalue weighted by molar-refractivity contribution is 5.21. The number of piperidine rings is 1. The molecule has 0 amide bonds. The lowest BCUT2D eigenvalue weighted by Gasteiger charge is -2.41. The number of rotatable bonds is 3. The van der Waals surface area contributed by atoms with Crippen molar-refractivity contribution in [2.24, 2.45) is 5.41 Å². The number of benzene rings is 1. The number of nitrogens with one attached hydrogen (secondary N) is 1. The van der Waals surface area contributed by atoms with Gasteiger partial charge in [0.15, 0.2) is 0 Å². The van der Waals surface area contributed by atoms with E-state index in [1.54, 1.807) is 0 Å². The molecular formula is C19H30N2. The molecule has 3 atom stereocenters. The van der Waals surface area contributed by atoms with E-state index in [9.17, 15) is 0 Å². The van der Waals surface area contributed by atoms with Gasteiger partial charge < -0.3 is 10.2 Å². The van der Waals surface area contributed by atoms with Gasteiger partial charge in [-0.1, -0.05) is 51.1 Å². The van der Waals surface area contributed by atoms with Gasteiger partial charge in [-0.25, -0.2) is 0 Å². The minimum Gasteiger partial charge on any atom is -0.307 e. The third-order valence-electron chi connectivity index (χ3n) is 5.50. The highest BCUT2D eigenvalue weighted by Crippen LogP contribution is 2.38. The van der Waals surface area contributed by atoms with E-state index in [0.717, 1.165) is 12.1 Å². The molecule has 0 aromatic heterocycles. The van der Waals surface area contributed by atoms with Crippen molar-refractivity contribution in [3.8, 4) is 0 Å². The van der Waals surface area contributed by atoms with Gasteiger partial charge in [0, 0.05) is 24.2 Å². The molecule has 2 bridgehead atoms. The first-order valence-corrected chi connectivity index (χ1v) is 8.48. The maximum atomic E-state index is 4.01. The zero-order chi connectivity index (χ0) is 15.0. The highest BCUT2D eigenvalue weighted by atomic mass is 15.2. The van der Waals surface area contributed by atoms with Gasteiger partial charge in [0.05, 0.1) is 0 Å². The molecule has 3 unspecified atom stereocenters. The fourth-order valence-electron chi connectivity index (χ4n) is 4.27. The van der Waals surface area contributed by atoms with Crippen LogP contribution in [0.2, 0.25) is 0 Å². The number of hydrogen-bond donors (Lipinski definition) is 1. The summed E-state index contributed by atoms with van der Waals surface area (Å²) < 4.78 is 0. The van der Waals surface area contributed by atoms with E-state index >= 15 is 0 Å². The van der Waals surface area contributed by atoms with Crippen molar-refractivity contribution in [1.82, 2.24) is 10.2 Å². The summed E-state index contributed by atoms with van der Waals surface area (Å²) in [6.07, 6.45) is 5.41. The number of nitrogens with zero attached hydrogens (tertiary/aromatic N) is 1. The summed E-state index contributed by atoms with van der Waals surface area (Å²) >= 11 is 0. The Balaban J connectivity index is 1.74. The van der Waals surface area contributed by atoms with Gasteiger partial charge in [0.2, 0.25) is 0 Å². The van der Waals surface area contributed by atoms with Crippen LogP contribution in [0.4, 0.5) is 0 Å². The molecule has 0 aliphatic carbocycles. The standard InChI is InChI=1S/C19H30N2/c1-19(2,3)18(14-8-6-5-7-9-14)20-15-12-16-10-11-17(13-15)21(16)4/h5-9,15-18,20H,10-13H2,1-4H3. The Morgan fingerprint density at radius 2 is 1.62 bits per heavy atom. The second-order valence-electron chi connectivity index (χ2n) is 8.10. The van der Waals surface area contributed by atoms with Gasteiger partial charge in [0.25, 0.3) is 0 Å². The third kappa shape index (κ3) is 3.17. The van der Waals surface area contributed by atoms with Gasteiger partial charge in [0.1, 0.15) is 0 Å². The molecule has 21 heavy (non-hydrogen) atoms. The molecule has 1 N–H and O–H groups in total. The molecule has 2 saturated heterocycles. The molecule has 2 heterocycles. The third-order valence-corrected chi connectivity index (χ3v) is 5.50. The van der Waals surface area contributed by atoms with Gasteiger partial charge in [-0.2, -0.15) is 0 Å². The lowest BCUT2D eigenvalue weighted by molar-refractivity contribution is 0.128. The van der Waals surface area contributed by atoms with Gasteiger partial charge in [-0.05, 0) is 43.7 Å². The smallest absolute Gasteiger partial charge is 0.0371 e. The minimum absolute atomic E-state index is 0.240. The Morgan fingerprint density at radius 3 is 2.14 bits per heavy atom. The van der Waals surface area contributed by atoms with Crippen LogP contribution in [0.1, 0.15) is 58.1 Å². The summed E-state index contributed by atoms with van der Waals surface area (Å²) in [5.74, 6) is 0. The van der Waals surface area contributed by atoms with Crippen LogP contribution in [0.5, 0.6) is 0 Å². The second kappa shape index (κ2) is 5.73. The second-order valence-corrected chi connectivity index (χ2v) is 8.10. The van der Waals surface area contributed by atoms with Gasteiger partial charge in [-0.3, -0.25) is 0 Å². The van der Waals surface area contributed by atoms with E-state index in [1.165, 1.54) is 31.2 Å². The SMILES string of the molecule is CN1C2CCC1CC(NC(c1ccccc1)C(C)(C)C)C2. The molecule has 3 rings (SSSR count). The number of fused-ring (bicyclic) bond motifs is 2. The lowest BCUT2D eigenvalue weighted by Crippen LogP contribution is -2.49. The van der Waals surface area contributed by atoms with Crippen molar-refractivity contribution < 1.29 is 0 Å². The zero-order valence-electron chi connectivity index (χ0n) is 14.0. The van der Waals surface area contributed by atoms with Crippen molar-refractivity contribution in [1.29, 1.82) is 0 Å². The quantitative estimate of drug-likeness (QED) is 0.904. The topological polar surface area (TPSA) is 15.3 Å². The van der Waals surface area contributed by atoms with E-state index in [-0.39, 0.29) is 5.41 Å². The zero-order valence-corrected chi connectivity index (χ0v) is 14.0. The van der Waals surface area contributed by atoms with Crippen molar-refractivity contribution in [2.75, 3.05) is 7.05 Å². The van der Waals surface area contributed by atoms with Crippen LogP contribution in [0.3, 0.4) is 0 Å². The van der Waals surface area contributed by atoms with Crippen molar-refractivity contribution in [3.63, 3.8) is 0 Å². The highest BCUT2D eigenvalue weighted by Gasteiger charge is 2.40. The predicted octanol–water partition coefficient (Wildman–Crippen LogP) is 3.99. The summed E-state index contributed by atoms with van der Waals surface area (Å²) in [7, 11) is 2.32. The van der Waals surface area contributed by atoms with E-state index in [1.807, 2.05) is 0 Å². The molecule has 2 aliphatic rings. The Bertz CT molecular complexity index is 448. The van der Waals surface area contributed by atoms with Crippen molar-refractivity contribution in [3.05, 3.63) is 35.9 Å². The Kier molecular flexibility index (Phi) is 4.11. The lowest BCUT2D eigenvalue weighted by atomic mass is 9.81. The molecule has 2 fully saturated rings. The monoisotopic (exact) mass is 286 g/mol. The summed E-state index contributed by atoms with van der Waals surface area (Å²) in [4.78, 5) is 2.62. The minimum atomic E-state index is 0.240. The summed E-state index contributed by atoms with van der Waals surface area (Å²) in [5.41, 5.74) is 1.67. The normalized spacial score (nSPS) is 31.3. The Hall–Kier alpha value is -0.860. The van der Waals surface area contributed by atoms with Crippen LogP contribution in [0.25, 0.3) is 0 Å². The molecule has 1 aromatic carbocycles. The first-order valence-electron chi connectivity index (χ1n) is 8.48. The van der Waals surface area contributed by atoms with Crippen molar-refractivity contribution in [2.45, 2.75) is 70.6 Å². The molecular weight excluding hydrogens is 256 g/mol. The molecule has 116 valence electrons. The molecule has 0 saturated carbocycles. The molecule has 2 aliphatic heterocycles. The van der Waals surface area contributed by atoms with E-state index in [0.29, 0.717) is 12.1 Å². The summed E-state index contributed by atoms with van der Waals surface area (Å²) in [6, 6.07) is 13.7. The van der Waals surface area contributed by atoms with E-state index < -0.39 is 0 Å². The van der Waals surface area contributed by atoms with Crippen LogP contribution < -0.4 is 5.32 Å². The maximum Gasteiger partial charge on any atom is 0.0371 e. The molecule has 0 radical (unpaired) electrons. The van der Waals surface area contributed by atoms with Crippen LogP contribution in [-0.2, 0) is 0 Å². The average molecular weight is 286 g/mol. The summed E-state index contributed by atoms with van der Waals surface area (Å²) in [6.45, 7) is 7.05. The van der Waals surface area contributed by atoms with Crippen LogP contribution in [0.15, 0.2) is 30.3 Å². The predicted molar refractivity (Wildman–Crippen MR) is 89.4 cm³/mol. The molecule has 0 spiro atoms. The van der Waals surface area contributed by atoms with E-state index in [2.05, 4.69) is 68.4 Å². The first-order chi connectivity index (χ1) is 9.95. The van der Waals surface area contributed by atoms with Crippen molar-refractivity contribution >= 4 is 0 Å². The molecule has 2 heteroatoms. The summed E-state index contributed by atoms with van der Waals surface area (Å²) in [5, 5.41) is 4.01. The largest absolute Gasteiger partial charge is 0.307 e. The fourth-order valence-corrected chi connectivity index (χ4v) is 4.27. The first kappa shape index (κ1) is 15.1. The van der Waals surface area contributed by atoms with Crippen LogP contribution in [-0.4, -0.2) is 30.1 Å². The van der Waals surface area contributed by atoms with Crippen LogP contribution in [0, 0.1) is 5.41 Å².